The summed E-state index contributed by atoms with van der Waals surface area (Å²) in [5.41, 5.74) is 0.808. The van der Waals surface area contributed by atoms with E-state index in [1.165, 1.54) is 7.05 Å². The third-order valence-corrected chi connectivity index (χ3v) is 3.18. The summed E-state index contributed by atoms with van der Waals surface area (Å²) in [4.78, 5) is 26.4. The van der Waals surface area contributed by atoms with Crippen LogP contribution in [0.2, 0.25) is 0 Å². The van der Waals surface area contributed by atoms with Crippen LogP contribution < -0.4 is 16.6 Å². The Kier molecular flexibility index (Phi) is 5.34. The Morgan fingerprint density at radius 3 is 2.56 bits per heavy atom. The molecule has 1 heterocycles. The number of hydrogen-bond acceptors (Lipinski definition) is 3. The Balaban J connectivity index is 3.23. The van der Waals surface area contributed by atoms with Crippen LogP contribution in [0.3, 0.4) is 0 Å². The molecule has 0 aliphatic rings. The van der Waals surface area contributed by atoms with E-state index in [2.05, 4.69) is 17.2 Å². The minimum absolute atomic E-state index is 0.0190. The Hall–Kier alpha value is -1.36. The first-order valence-electron chi connectivity index (χ1n) is 6.56. The first-order chi connectivity index (χ1) is 8.52. The molecule has 1 aromatic rings. The lowest BCUT2D eigenvalue weighted by atomic mass is 10.0. The maximum atomic E-state index is 12.2. The third kappa shape index (κ3) is 3.10. The fourth-order valence-corrected chi connectivity index (χ4v) is 2.16. The van der Waals surface area contributed by atoms with Crippen molar-refractivity contribution < 1.29 is 0 Å². The Morgan fingerprint density at radius 1 is 1.33 bits per heavy atom. The molecule has 5 nitrogen and oxygen atoms in total. The molecular weight excluding hydrogens is 230 g/mol. The number of hydrogen-bond donors (Lipinski definition) is 2. The van der Waals surface area contributed by atoms with Gasteiger partial charge in [-0.25, -0.2) is 4.79 Å². The van der Waals surface area contributed by atoms with E-state index >= 15 is 0 Å². The number of aromatic amines is 1. The van der Waals surface area contributed by atoms with Gasteiger partial charge in [0, 0.05) is 18.8 Å². The maximum absolute atomic E-state index is 12.2. The second-order valence-corrected chi connectivity index (χ2v) is 4.59. The second-order valence-electron chi connectivity index (χ2n) is 4.59. The molecule has 18 heavy (non-hydrogen) atoms. The van der Waals surface area contributed by atoms with E-state index in [4.69, 9.17) is 0 Å². The Morgan fingerprint density at radius 2 is 2.00 bits per heavy atom. The first kappa shape index (κ1) is 14.7. The molecule has 0 aromatic carbocycles. The zero-order chi connectivity index (χ0) is 13.7. The van der Waals surface area contributed by atoms with Crippen LogP contribution in [0.4, 0.5) is 0 Å². The largest absolute Gasteiger partial charge is 0.328 e. The van der Waals surface area contributed by atoms with Crippen molar-refractivity contribution in [3.8, 4) is 0 Å². The van der Waals surface area contributed by atoms with Crippen molar-refractivity contribution in [2.75, 3.05) is 6.54 Å². The molecule has 0 aliphatic heterocycles. The molecular formula is C13H23N3O2. The minimum atomic E-state index is -0.355. The molecule has 1 atom stereocenters. The zero-order valence-electron chi connectivity index (χ0n) is 11.7. The topological polar surface area (TPSA) is 66.9 Å². The summed E-state index contributed by atoms with van der Waals surface area (Å²) < 4.78 is 1.14. The molecule has 0 amide bonds. The molecule has 0 spiro atoms. The highest BCUT2D eigenvalue weighted by molar-refractivity contribution is 5.19. The lowest BCUT2D eigenvalue weighted by Crippen LogP contribution is -2.39. The molecule has 0 bridgehead atoms. The van der Waals surface area contributed by atoms with Crippen molar-refractivity contribution in [1.82, 2.24) is 14.9 Å². The van der Waals surface area contributed by atoms with Crippen LogP contribution in [0, 0.1) is 6.92 Å². The molecule has 0 aliphatic carbocycles. The van der Waals surface area contributed by atoms with Crippen LogP contribution in [-0.2, 0) is 7.05 Å². The van der Waals surface area contributed by atoms with Gasteiger partial charge in [-0.2, -0.15) is 0 Å². The Bertz CT molecular complexity index is 502. The van der Waals surface area contributed by atoms with Crippen LogP contribution in [0.5, 0.6) is 0 Å². The molecule has 1 aromatic heterocycles. The number of nitrogens with zero attached hydrogens (tertiary/aromatic N) is 1. The normalized spacial score (nSPS) is 12.7. The zero-order valence-corrected chi connectivity index (χ0v) is 11.7. The van der Waals surface area contributed by atoms with Gasteiger partial charge >= 0.3 is 5.69 Å². The highest BCUT2D eigenvalue weighted by Gasteiger charge is 2.18. The van der Waals surface area contributed by atoms with E-state index in [-0.39, 0.29) is 17.3 Å². The fraction of sp³-hybridized carbons (Fsp3) is 0.692. The summed E-state index contributed by atoms with van der Waals surface area (Å²) in [6, 6.07) is 0.0190. The van der Waals surface area contributed by atoms with Gasteiger partial charge in [0.05, 0.1) is 5.56 Å². The monoisotopic (exact) mass is 253 g/mol. The number of aromatic nitrogens is 2. The number of rotatable bonds is 6. The standard InChI is InChI=1S/C13H23N3O2/c1-5-7-8-10(14-6-2)11-9(3)15-13(18)16(4)12(11)17/h10,14H,5-8H2,1-4H3,(H,15,18). The van der Waals surface area contributed by atoms with E-state index in [9.17, 15) is 9.59 Å². The van der Waals surface area contributed by atoms with Gasteiger partial charge in [-0.15, -0.1) is 0 Å². The van der Waals surface area contributed by atoms with Crippen molar-refractivity contribution >= 4 is 0 Å². The van der Waals surface area contributed by atoms with Gasteiger partial charge in [-0.05, 0) is 19.9 Å². The molecule has 2 N–H and O–H groups in total. The molecule has 1 rings (SSSR count). The van der Waals surface area contributed by atoms with Crippen LogP contribution in [0.15, 0.2) is 9.59 Å². The van der Waals surface area contributed by atoms with E-state index in [0.29, 0.717) is 11.3 Å². The van der Waals surface area contributed by atoms with Crippen LogP contribution >= 0.6 is 0 Å². The molecule has 0 radical (unpaired) electrons. The summed E-state index contributed by atoms with van der Waals surface area (Å²) in [6.45, 7) is 6.73. The Labute approximate surface area is 107 Å². The van der Waals surface area contributed by atoms with E-state index in [0.717, 1.165) is 30.4 Å². The first-order valence-corrected chi connectivity index (χ1v) is 6.56. The van der Waals surface area contributed by atoms with Gasteiger partial charge in [0.1, 0.15) is 0 Å². The third-order valence-electron chi connectivity index (χ3n) is 3.18. The van der Waals surface area contributed by atoms with E-state index < -0.39 is 0 Å². The predicted octanol–water partition coefficient (Wildman–Crippen LogP) is 1.22. The van der Waals surface area contributed by atoms with Crippen molar-refractivity contribution in [1.29, 1.82) is 0 Å². The molecule has 0 saturated carbocycles. The minimum Gasteiger partial charge on any atom is -0.311 e. The lowest BCUT2D eigenvalue weighted by molar-refractivity contribution is 0.481. The summed E-state index contributed by atoms with van der Waals surface area (Å²) in [5, 5.41) is 3.33. The molecule has 0 saturated heterocycles. The SMILES string of the molecule is CCCCC(NCC)c1c(C)[nH]c(=O)n(C)c1=O. The van der Waals surface area contributed by atoms with Crippen molar-refractivity contribution in [3.05, 3.63) is 32.1 Å². The van der Waals surface area contributed by atoms with Gasteiger partial charge in [-0.1, -0.05) is 26.7 Å². The van der Waals surface area contributed by atoms with Crippen LogP contribution in [0.25, 0.3) is 0 Å². The molecule has 0 fully saturated rings. The molecule has 1 unspecified atom stereocenters. The van der Waals surface area contributed by atoms with Crippen LogP contribution in [-0.4, -0.2) is 16.1 Å². The van der Waals surface area contributed by atoms with Crippen molar-refractivity contribution in [2.24, 2.45) is 7.05 Å². The van der Waals surface area contributed by atoms with Gasteiger partial charge < -0.3 is 10.3 Å². The summed E-state index contributed by atoms with van der Waals surface area (Å²) in [5.74, 6) is 0. The number of nitrogens with one attached hydrogen (secondary N) is 2. The van der Waals surface area contributed by atoms with Crippen LogP contribution in [0.1, 0.15) is 50.4 Å². The highest BCUT2D eigenvalue weighted by Crippen LogP contribution is 2.17. The summed E-state index contributed by atoms with van der Waals surface area (Å²) >= 11 is 0. The number of unbranched alkanes of at least 4 members (excludes halogenated alkanes) is 1. The van der Waals surface area contributed by atoms with E-state index in [1.54, 1.807) is 6.92 Å². The lowest BCUT2D eigenvalue weighted by Gasteiger charge is -2.19. The van der Waals surface area contributed by atoms with Gasteiger partial charge in [0.15, 0.2) is 0 Å². The quantitative estimate of drug-likeness (QED) is 0.801. The smallest absolute Gasteiger partial charge is 0.311 e. The van der Waals surface area contributed by atoms with Gasteiger partial charge in [0.25, 0.3) is 5.56 Å². The van der Waals surface area contributed by atoms with Crippen molar-refractivity contribution in [2.45, 2.75) is 46.1 Å². The number of aryl methyl sites for hydroxylation is 1. The number of H-pyrrole nitrogens is 1. The summed E-state index contributed by atoms with van der Waals surface area (Å²) in [7, 11) is 1.51. The van der Waals surface area contributed by atoms with Gasteiger partial charge in [0.2, 0.25) is 0 Å². The van der Waals surface area contributed by atoms with E-state index in [1.807, 2.05) is 6.92 Å². The molecule has 5 heteroatoms. The average molecular weight is 253 g/mol. The fourth-order valence-electron chi connectivity index (χ4n) is 2.16. The average Bonchev–Trinajstić information content (AvgIpc) is 2.33. The molecule has 102 valence electrons. The second kappa shape index (κ2) is 6.54. The summed E-state index contributed by atoms with van der Waals surface area (Å²) in [6.07, 6.45) is 3.05. The van der Waals surface area contributed by atoms with Gasteiger partial charge in [-0.3, -0.25) is 9.36 Å². The predicted molar refractivity (Wildman–Crippen MR) is 73.0 cm³/mol. The highest BCUT2D eigenvalue weighted by atomic mass is 16.2. The maximum Gasteiger partial charge on any atom is 0.328 e. The van der Waals surface area contributed by atoms with Crippen molar-refractivity contribution in [3.63, 3.8) is 0 Å².